The first kappa shape index (κ1) is 13.8. The molecule has 0 aromatic carbocycles. The van der Waals surface area contributed by atoms with Crippen LogP contribution < -0.4 is 5.32 Å². The molecule has 0 bridgehead atoms. The molecule has 1 aliphatic heterocycles. The molecule has 1 N–H and O–H groups in total. The quantitative estimate of drug-likeness (QED) is 0.740. The molecule has 1 saturated carbocycles. The molecule has 2 fully saturated rings. The van der Waals surface area contributed by atoms with E-state index in [0.717, 1.165) is 12.3 Å². The first-order valence-corrected chi connectivity index (χ1v) is 8.47. The molecule has 0 amide bonds. The van der Waals surface area contributed by atoms with Crippen molar-refractivity contribution in [3.63, 3.8) is 0 Å². The number of rotatable bonds is 5. The fraction of sp³-hybridized carbons (Fsp3) is 0.917. The minimum absolute atomic E-state index is 0.0464. The highest BCUT2D eigenvalue weighted by Crippen LogP contribution is 2.29. The Morgan fingerprint density at radius 1 is 1.33 bits per heavy atom. The van der Waals surface area contributed by atoms with E-state index in [1.54, 1.807) is 0 Å². The Bertz CT molecular complexity index is 389. The molecule has 0 aromatic rings. The molecule has 0 spiro atoms. The first-order valence-electron chi connectivity index (χ1n) is 6.64. The highest BCUT2D eigenvalue weighted by molar-refractivity contribution is 7.91. The van der Waals surface area contributed by atoms with Crippen molar-refractivity contribution in [3.8, 4) is 0 Å². The van der Waals surface area contributed by atoms with E-state index in [9.17, 15) is 13.2 Å². The van der Waals surface area contributed by atoms with Gasteiger partial charge in [-0.2, -0.15) is 0 Å². The van der Waals surface area contributed by atoms with Gasteiger partial charge in [0.1, 0.15) is 0 Å². The van der Waals surface area contributed by atoms with Crippen molar-refractivity contribution in [1.29, 1.82) is 0 Å². The third-order valence-electron chi connectivity index (χ3n) is 3.73. The van der Waals surface area contributed by atoms with Gasteiger partial charge in [-0.3, -0.25) is 4.79 Å². The molecule has 18 heavy (non-hydrogen) atoms. The van der Waals surface area contributed by atoms with Crippen molar-refractivity contribution in [2.75, 3.05) is 24.7 Å². The molecule has 2 rings (SSSR count). The number of carbonyl (C=O) groups excluding carboxylic acids is 1. The normalized spacial score (nSPS) is 27.4. The molecular formula is C12H21NO4S. The highest BCUT2D eigenvalue weighted by Gasteiger charge is 2.26. The summed E-state index contributed by atoms with van der Waals surface area (Å²) in [6.07, 6.45) is 4.90. The molecule has 0 radical (unpaired) electrons. The van der Waals surface area contributed by atoms with Crippen LogP contribution in [0.2, 0.25) is 0 Å². The molecular weight excluding hydrogens is 254 g/mol. The predicted octanol–water partition coefficient (Wildman–Crippen LogP) is 0.496. The van der Waals surface area contributed by atoms with Crippen LogP contribution in [0.4, 0.5) is 0 Å². The van der Waals surface area contributed by atoms with Gasteiger partial charge in [0.2, 0.25) is 0 Å². The largest absolute Gasteiger partial charge is 0.466 e. The Balaban J connectivity index is 1.63. The number of nitrogens with one attached hydrogen (secondary N) is 1. The summed E-state index contributed by atoms with van der Waals surface area (Å²) < 4.78 is 27.9. The number of hydrogen-bond acceptors (Lipinski definition) is 5. The van der Waals surface area contributed by atoms with Gasteiger partial charge in [0, 0.05) is 12.6 Å². The Morgan fingerprint density at radius 2 is 2.11 bits per heavy atom. The molecule has 6 heteroatoms. The van der Waals surface area contributed by atoms with Gasteiger partial charge in [-0.25, -0.2) is 8.42 Å². The average Bonchev–Trinajstić information content (AvgIpc) is 2.20. The van der Waals surface area contributed by atoms with Crippen molar-refractivity contribution in [3.05, 3.63) is 0 Å². The van der Waals surface area contributed by atoms with Crippen molar-refractivity contribution >= 4 is 15.8 Å². The molecule has 1 unspecified atom stereocenters. The van der Waals surface area contributed by atoms with Crippen LogP contribution in [0.25, 0.3) is 0 Å². The summed E-state index contributed by atoms with van der Waals surface area (Å²) in [5.41, 5.74) is 0. The molecule has 2 aliphatic rings. The second-order valence-corrected chi connectivity index (χ2v) is 7.50. The second-order valence-electron chi connectivity index (χ2n) is 5.28. The fourth-order valence-corrected chi connectivity index (χ4v) is 3.82. The maximum atomic E-state index is 11.6. The molecule has 104 valence electrons. The van der Waals surface area contributed by atoms with Crippen LogP contribution >= 0.6 is 0 Å². The van der Waals surface area contributed by atoms with Gasteiger partial charge in [-0.05, 0) is 12.3 Å². The molecule has 1 saturated heterocycles. The van der Waals surface area contributed by atoms with Gasteiger partial charge in [0.15, 0.2) is 9.84 Å². The maximum absolute atomic E-state index is 11.6. The van der Waals surface area contributed by atoms with Gasteiger partial charge in [-0.1, -0.05) is 19.3 Å². The fourth-order valence-electron chi connectivity index (χ4n) is 2.38. The third-order valence-corrected chi connectivity index (χ3v) is 5.46. The van der Waals surface area contributed by atoms with E-state index in [1.165, 1.54) is 19.3 Å². The van der Waals surface area contributed by atoms with Crippen LogP contribution in [0.5, 0.6) is 0 Å². The Kier molecular flexibility index (Phi) is 4.61. The summed E-state index contributed by atoms with van der Waals surface area (Å²) in [6.45, 7) is 0.908. The Morgan fingerprint density at radius 3 is 2.72 bits per heavy atom. The van der Waals surface area contributed by atoms with E-state index in [-0.39, 0.29) is 29.9 Å². The van der Waals surface area contributed by atoms with Gasteiger partial charge in [0.25, 0.3) is 0 Å². The minimum atomic E-state index is -2.98. The summed E-state index contributed by atoms with van der Waals surface area (Å²) in [4.78, 5) is 11.6. The monoisotopic (exact) mass is 275 g/mol. The summed E-state index contributed by atoms with van der Waals surface area (Å²) in [6, 6.07) is -0.278. The zero-order chi connectivity index (χ0) is 13.0. The SMILES string of the molecule is O=C(CC1CS(=O)(=O)CCN1)OCCC1CCC1. The van der Waals surface area contributed by atoms with Crippen LogP contribution in [-0.4, -0.2) is 45.1 Å². The molecule has 1 heterocycles. The lowest BCUT2D eigenvalue weighted by Crippen LogP contribution is -2.46. The smallest absolute Gasteiger partial charge is 0.307 e. The topological polar surface area (TPSA) is 72.5 Å². The zero-order valence-electron chi connectivity index (χ0n) is 10.6. The molecule has 5 nitrogen and oxygen atoms in total. The van der Waals surface area contributed by atoms with Gasteiger partial charge in [0.05, 0.1) is 24.5 Å². The number of hydrogen-bond donors (Lipinski definition) is 1. The van der Waals surface area contributed by atoms with Crippen molar-refractivity contribution in [2.45, 2.75) is 38.1 Å². The van der Waals surface area contributed by atoms with Crippen molar-refractivity contribution in [2.24, 2.45) is 5.92 Å². The van der Waals surface area contributed by atoms with Crippen LogP contribution in [0.3, 0.4) is 0 Å². The standard InChI is InChI=1S/C12H21NO4S/c14-12(17-6-4-10-2-1-3-10)8-11-9-18(15,16)7-5-13-11/h10-11,13H,1-9H2. The summed E-state index contributed by atoms with van der Waals surface area (Å²) in [7, 11) is -2.98. The molecule has 1 aliphatic carbocycles. The number of ether oxygens (including phenoxy) is 1. The summed E-state index contributed by atoms with van der Waals surface area (Å²) in [5, 5.41) is 3.05. The Labute approximate surface area is 108 Å². The number of esters is 1. The Hall–Kier alpha value is -0.620. The number of carbonyl (C=O) groups is 1. The summed E-state index contributed by atoms with van der Waals surface area (Å²) >= 11 is 0. The van der Waals surface area contributed by atoms with Crippen LogP contribution in [0, 0.1) is 5.92 Å². The number of sulfone groups is 1. The van der Waals surface area contributed by atoms with Crippen LogP contribution in [0.1, 0.15) is 32.1 Å². The molecule has 0 aromatic heterocycles. The van der Waals surface area contributed by atoms with Gasteiger partial charge < -0.3 is 10.1 Å². The second kappa shape index (κ2) is 6.02. The van der Waals surface area contributed by atoms with Crippen LogP contribution in [0.15, 0.2) is 0 Å². The average molecular weight is 275 g/mol. The van der Waals surface area contributed by atoms with E-state index in [2.05, 4.69) is 5.32 Å². The maximum Gasteiger partial charge on any atom is 0.307 e. The van der Waals surface area contributed by atoms with Crippen molar-refractivity contribution < 1.29 is 17.9 Å². The summed E-state index contributed by atoms with van der Waals surface area (Å²) in [5.74, 6) is 0.653. The van der Waals surface area contributed by atoms with Gasteiger partial charge >= 0.3 is 5.97 Å². The van der Waals surface area contributed by atoms with E-state index >= 15 is 0 Å². The van der Waals surface area contributed by atoms with E-state index in [0.29, 0.717) is 13.2 Å². The third kappa shape index (κ3) is 4.24. The highest BCUT2D eigenvalue weighted by atomic mass is 32.2. The lowest BCUT2D eigenvalue weighted by molar-refractivity contribution is -0.144. The molecule has 1 atom stereocenters. The lowest BCUT2D eigenvalue weighted by Gasteiger charge is -2.25. The minimum Gasteiger partial charge on any atom is -0.466 e. The van der Waals surface area contributed by atoms with Gasteiger partial charge in [-0.15, -0.1) is 0 Å². The van der Waals surface area contributed by atoms with E-state index in [4.69, 9.17) is 4.74 Å². The van der Waals surface area contributed by atoms with E-state index < -0.39 is 9.84 Å². The first-order chi connectivity index (χ1) is 8.55. The van der Waals surface area contributed by atoms with Crippen molar-refractivity contribution in [1.82, 2.24) is 5.32 Å². The lowest BCUT2D eigenvalue weighted by atomic mass is 9.83. The van der Waals surface area contributed by atoms with Crippen LogP contribution in [-0.2, 0) is 19.4 Å². The zero-order valence-corrected chi connectivity index (χ0v) is 11.4. The predicted molar refractivity (Wildman–Crippen MR) is 68.0 cm³/mol. The van der Waals surface area contributed by atoms with E-state index in [1.807, 2.05) is 0 Å².